The summed E-state index contributed by atoms with van der Waals surface area (Å²) >= 11 is 0. The zero-order valence-corrected chi connectivity index (χ0v) is 16.9. The fourth-order valence-electron chi connectivity index (χ4n) is 3.41. The van der Waals surface area contributed by atoms with Crippen molar-refractivity contribution >= 4 is 35.4 Å². The Morgan fingerprint density at radius 3 is 2.84 bits per heavy atom. The first kappa shape index (κ1) is 19.0. The fraction of sp³-hybridized carbons (Fsp3) is 0.286. The molecule has 0 atom stereocenters. The number of amides is 2. The topological polar surface area (TPSA) is 123 Å². The molecular weight excluding hydrogens is 398 g/mol. The van der Waals surface area contributed by atoms with Crippen LogP contribution in [0.25, 0.3) is 11.7 Å². The van der Waals surface area contributed by atoms with Gasteiger partial charge in [0.05, 0.1) is 19.7 Å². The van der Waals surface area contributed by atoms with E-state index in [4.69, 9.17) is 4.74 Å². The molecule has 158 valence electrons. The van der Waals surface area contributed by atoms with E-state index in [9.17, 15) is 9.59 Å². The number of imide groups is 1. The third-order valence-electron chi connectivity index (χ3n) is 5.16. The normalized spacial score (nSPS) is 17.3. The van der Waals surface area contributed by atoms with Gasteiger partial charge < -0.3 is 15.4 Å². The van der Waals surface area contributed by atoms with Crippen LogP contribution >= 0.6 is 0 Å². The van der Waals surface area contributed by atoms with Gasteiger partial charge in [-0.05, 0) is 25.0 Å². The van der Waals surface area contributed by atoms with Gasteiger partial charge in [-0.15, -0.1) is 0 Å². The lowest BCUT2D eigenvalue weighted by atomic mass is 10.1. The number of fused-ring (bicyclic) bond motifs is 1. The van der Waals surface area contributed by atoms with Gasteiger partial charge in [0.2, 0.25) is 17.8 Å². The summed E-state index contributed by atoms with van der Waals surface area (Å²) in [4.78, 5) is 32.7. The predicted molar refractivity (Wildman–Crippen MR) is 113 cm³/mol. The van der Waals surface area contributed by atoms with Crippen LogP contribution in [-0.2, 0) is 16.1 Å². The SMILES string of the molecule is COc1ccccc1CNc1nc(NC2CC2)n2ncc(/C=C3\CC(=O)NC3=O)c2n1. The summed E-state index contributed by atoms with van der Waals surface area (Å²) in [6.45, 7) is 0.477. The molecule has 1 aromatic carbocycles. The molecule has 0 bridgehead atoms. The molecule has 0 unspecified atom stereocenters. The van der Waals surface area contributed by atoms with Gasteiger partial charge in [-0.2, -0.15) is 19.6 Å². The number of hydrogen-bond acceptors (Lipinski definition) is 8. The van der Waals surface area contributed by atoms with Crippen molar-refractivity contribution in [2.45, 2.75) is 31.8 Å². The van der Waals surface area contributed by atoms with Crippen molar-refractivity contribution in [1.29, 1.82) is 0 Å². The molecule has 10 heteroatoms. The zero-order chi connectivity index (χ0) is 21.4. The van der Waals surface area contributed by atoms with Gasteiger partial charge in [-0.25, -0.2) is 0 Å². The first-order valence-corrected chi connectivity index (χ1v) is 10.0. The van der Waals surface area contributed by atoms with Crippen molar-refractivity contribution in [1.82, 2.24) is 24.9 Å². The molecule has 2 aliphatic rings. The van der Waals surface area contributed by atoms with Gasteiger partial charge in [0.1, 0.15) is 5.75 Å². The minimum absolute atomic E-state index is 0.0490. The highest BCUT2D eigenvalue weighted by molar-refractivity contribution is 6.15. The summed E-state index contributed by atoms with van der Waals surface area (Å²) in [5.74, 6) is 1.08. The molecule has 10 nitrogen and oxygen atoms in total. The number of anilines is 2. The zero-order valence-electron chi connectivity index (χ0n) is 16.9. The molecule has 3 N–H and O–H groups in total. The van der Waals surface area contributed by atoms with E-state index in [1.54, 1.807) is 23.9 Å². The van der Waals surface area contributed by atoms with Crippen molar-refractivity contribution in [3.05, 3.63) is 47.2 Å². The van der Waals surface area contributed by atoms with Crippen molar-refractivity contribution < 1.29 is 14.3 Å². The Morgan fingerprint density at radius 1 is 1.26 bits per heavy atom. The fourth-order valence-corrected chi connectivity index (χ4v) is 3.41. The van der Waals surface area contributed by atoms with Crippen molar-refractivity contribution in [2.24, 2.45) is 0 Å². The first-order chi connectivity index (χ1) is 15.1. The molecule has 1 aliphatic heterocycles. The van der Waals surface area contributed by atoms with Crippen LogP contribution in [0.3, 0.4) is 0 Å². The van der Waals surface area contributed by atoms with Crippen LogP contribution in [0, 0.1) is 0 Å². The number of nitrogens with zero attached hydrogens (tertiary/aromatic N) is 4. The van der Waals surface area contributed by atoms with Gasteiger partial charge >= 0.3 is 0 Å². The molecule has 3 heterocycles. The van der Waals surface area contributed by atoms with Gasteiger partial charge in [0.25, 0.3) is 5.91 Å². The summed E-state index contributed by atoms with van der Waals surface area (Å²) < 4.78 is 7.03. The number of hydrogen-bond donors (Lipinski definition) is 3. The summed E-state index contributed by atoms with van der Waals surface area (Å²) in [5.41, 5.74) is 2.54. The molecule has 3 aromatic rings. The van der Waals surface area contributed by atoms with Gasteiger partial charge in [0.15, 0.2) is 5.65 Å². The van der Waals surface area contributed by atoms with Crippen LogP contribution in [0.4, 0.5) is 11.9 Å². The number of ether oxygens (including phenoxy) is 1. The second-order valence-electron chi connectivity index (χ2n) is 7.51. The Balaban J connectivity index is 1.50. The minimum atomic E-state index is -0.385. The van der Waals surface area contributed by atoms with Gasteiger partial charge in [-0.3, -0.25) is 14.9 Å². The number of carbonyl (C=O) groups excluding carboxylic acids is 2. The minimum Gasteiger partial charge on any atom is -0.496 e. The monoisotopic (exact) mass is 419 g/mol. The first-order valence-electron chi connectivity index (χ1n) is 10.0. The lowest BCUT2D eigenvalue weighted by Crippen LogP contribution is -2.19. The van der Waals surface area contributed by atoms with E-state index in [1.807, 2.05) is 24.3 Å². The molecule has 1 aliphatic carbocycles. The average molecular weight is 419 g/mol. The van der Waals surface area contributed by atoms with Crippen LogP contribution in [0.5, 0.6) is 5.75 Å². The molecule has 2 fully saturated rings. The van der Waals surface area contributed by atoms with Gasteiger partial charge in [0, 0.05) is 29.3 Å². The Hall–Kier alpha value is -3.95. The number of para-hydroxylation sites is 1. The van der Waals surface area contributed by atoms with Crippen molar-refractivity contribution in [2.75, 3.05) is 17.7 Å². The summed E-state index contributed by atoms with van der Waals surface area (Å²) in [6, 6.07) is 8.09. The largest absolute Gasteiger partial charge is 0.496 e. The molecule has 0 radical (unpaired) electrons. The van der Waals surface area contributed by atoms with E-state index in [0.717, 1.165) is 24.2 Å². The smallest absolute Gasteiger partial charge is 0.254 e. The number of nitrogens with one attached hydrogen (secondary N) is 3. The number of benzene rings is 1. The highest BCUT2D eigenvalue weighted by Gasteiger charge is 2.26. The van der Waals surface area contributed by atoms with Crippen molar-refractivity contribution in [3.8, 4) is 5.75 Å². The number of rotatable bonds is 7. The number of aromatic nitrogens is 4. The van der Waals surface area contributed by atoms with E-state index < -0.39 is 0 Å². The van der Waals surface area contributed by atoms with Crippen LogP contribution in [0.1, 0.15) is 30.4 Å². The average Bonchev–Trinajstić information content (AvgIpc) is 3.41. The Bertz CT molecular complexity index is 1210. The Morgan fingerprint density at radius 2 is 2.10 bits per heavy atom. The lowest BCUT2D eigenvalue weighted by Gasteiger charge is -2.12. The maximum atomic E-state index is 12.0. The molecule has 2 aromatic heterocycles. The highest BCUT2D eigenvalue weighted by Crippen LogP contribution is 2.26. The van der Waals surface area contributed by atoms with Crippen LogP contribution in [0.15, 0.2) is 36.0 Å². The van der Waals surface area contributed by atoms with Crippen LogP contribution in [0.2, 0.25) is 0 Å². The van der Waals surface area contributed by atoms with Crippen LogP contribution < -0.4 is 20.7 Å². The van der Waals surface area contributed by atoms with E-state index in [-0.39, 0.29) is 18.2 Å². The highest BCUT2D eigenvalue weighted by atomic mass is 16.5. The third kappa shape index (κ3) is 3.91. The van der Waals surface area contributed by atoms with E-state index in [0.29, 0.717) is 41.3 Å². The van der Waals surface area contributed by atoms with Crippen LogP contribution in [-0.4, -0.2) is 44.5 Å². The predicted octanol–water partition coefficient (Wildman–Crippen LogP) is 1.75. The van der Waals surface area contributed by atoms with Gasteiger partial charge in [-0.1, -0.05) is 18.2 Å². The maximum Gasteiger partial charge on any atom is 0.254 e. The van der Waals surface area contributed by atoms with Crippen molar-refractivity contribution in [3.63, 3.8) is 0 Å². The Labute approximate surface area is 177 Å². The standard InChI is InChI=1S/C21H21N7O3/c1-31-16-5-3-2-4-12(16)10-22-20-26-18-14(8-13-9-17(29)25-19(13)30)11-23-28(18)21(27-20)24-15-6-7-15/h2-5,8,11,15H,6-7,9-10H2,1H3,(H,25,29,30)(H2,22,24,26,27)/b13-8+. The summed E-state index contributed by atoms with van der Waals surface area (Å²) in [5, 5.41) is 13.3. The molecule has 5 rings (SSSR count). The quantitative estimate of drug-likeness (QED) is 0.391. The molecule has 1 saturated heterocycles. The lowest BCUT2D eigenvalue weighted by molar-refractivity contribution is -0.124. The Kier molecular flexibility index (Phi) is 4.73. The molecule has 1 saturated carbocycles. The van der Waals surface area contributed by atoms with E-state index in [1.165, 1.54) is 0 Å². The summed E-state index contributed by atoms with van der Waals surface area (Å²) in [7, 11) is 1.63. The number of methoxy groups -OCH3 is 1. The molecule has 0 spiro atoms. The molecular formula is C21H21N7O3. The molecule has 2 amide bonds. The summed E-state index contributed by atoms with van der Waals surface area (Å²) in [6.07, 6.45) is 5.48. The van der Waals surface area contributed by atoms with E-state index in [2.05, 4.69) is 31.0 Å². The second-order valence-corrected chi connectivity index (χ2v) is 7.51. The number of carbonyl (C=O) groups is 2. The molecule has 31 heavy (non-hydrogen) atoms. The van der Waals surface area contributed by atoms with E-state index >= 15 is 0 Å². The second kappa shape index (κ2) is 7.71. The third-order valence-corrected chi connectivity index (χ3v) is 5.16. The maximum absolute atomic E-state index is 12.0.